The Labute approximate surface area is 221 Å². The quantitative estimate of drug-likeness (QED) is 0.461. The van der Waals surface area contributed by atoms with E-state index in [0.717, 1.165) is 21.7 Å². The number of hydrogen-bond donors (Lipinski definition) is 3. The molecule has 1 saturated heterocycles. The summed E-state index contributed by atoms with van der Waals surface area (Å²) in [7, 11) is 1.29. The fourth-order valence-electron chi connectivity index (χ4n) is 4.07. The summed E-state index contributed by atoms with van der Waals surface area (Å²) in [6.07, 6.45) is -0.808. The molecule has 0 radical (unpaired) electrons. The summed E-state index contributed by atoms with van der Waals surface area (Å²) >= 11 is 1.54. The maximum Gasteiger partial charge on any atom is 0.307 e. The summed E-state index contributed by atoms with van der Waals surface area (Å²) in [5, 5.41) is 13.1. The molecule has 2 aromatic rings. The van der Waals surface area contributed by atoms with Crippen LogP contribution in [-0.2, 0) is 19.1 Å². The molecule has 4 N–H and O–H groups in total. The Morgan fingerprint density at radius 2 is 1.92 bits per heavy atom. The number of aliphatic hydroxyl groups excluding tert-OH is 1. The van der Waals surface area contributed by atoms with E-state index < -0.39 is 41.5 Å². The van der Waals surface area contributed by atoms with Crippen molar-refractivity contribution in [2.75, 3.05) is 13.7 Å². The van der Waals surface area contributed by atoms with Crippen LogP contribution in [0.3, 0.4) is 0 Å². The van der Waals surface area contributed by atoms with Crippen LogP contribution in [0.15, 0.2) is 29.8 Å². The van der Waals surface area contributed by atoms with Crippen molar-refractivity contribution < 1.29 is 24.2 Å². The van der Waals surface area contributed by atoms with Gasteiger partial charge in [-0.15, -0.1) is 23.7 Å². The van der Waals surface area contributed by atoms with E-state index in [2.05, 4.69) is 10.3 Å². The molecule has 2 amide bonds. The molecular weight excluding hydrogens is 504 g/mol. The Bertz CT molecular complexity index is 1070. The number of nitrogens with two attached hydrogens (primary N) is 1. The minimum absolute atomic E-state index is 0. The van der Waals surface area contributed by atoms with Gasteiger partial charge >= 0.3 is 5.97 Å². The minimum Gasteiger partial charge on any atom is -0.469 e. The number of halogens is 1. The molecule has 0 saturated carbocycles. The summed E-state index contributed by atoms with van der Waals surface area (Å²) in [6, 6.07) is 5.17. The second-order valence-electron chi connectivity index (χ2n) is 9.97. The normalized spacial score (nSPS) is 19.2. The maximum atomic E-state index is 13.3. The Kier molecular flexibility index (Phi) is 10.0. The average Bonchev–Trinajstić information content (AvgIpc) is 3.42. The molecule has 0 aliphatic carbocycles. The van der Waals surface area contributed by atoms with E-state index in [1.807, 2.05) is 52.0 Å². The van der Waals surface area contributed by atoms with Crippen molar-refractivity contribution >= 4 is 41.5 Å². The molecule has 0 unspecified atom stereocenters. The lowest BCUT2D eigenvalue weighted by Gasteiger charge is -2.33. The molecule has 9 nitrogen and oxygen atoms in total. The highest BCUT2D eigenvalue weighted by Gasteiger charge is 2.43. The number of ether oxygens (including phenoxy) is 1. The number of benzene rings is 1. The number of carbonyl (C=O) groups excluding carboxylic acids is 3. The van der Waals surface area contributed by atoms with Gasteiger partial charge in [0.15, 0.2) is 0 Å². The van der Waals surface area contributed by atoms with E-state index >= 15 is 0 Å². The third-order valence-corrected chi connectivity index (χ3v) is 7.28. The van der Waals surface area contributed by atoms with Gasteiger partial charge in [-0.2, -0.15) is 0 Å². The number of carbonyl (C=O) groups is 3. The van der Waals surface area contributed by atoms with E-state index in [9.17, 15) is 19.5 Å². The number of nitrogens with zero attached hydrogens (tertiary/aromatic N) is 2. The highest BCUT2D eigenvalue weighted by molar-refractivity contribution is 7.13. The Morgan fingerprint density at radius 1 is 1.28 bits per heavy atom. The number of hydrogen-bond acceptors (Lipinski definition) is 8. The number of rotatable bonds is 7. The number of esters is 1. The average molecular weight is 539 g/mol. The van der Waals surface area contributed by atoms with Gasteiger partial charge in [-0.25, -0.2) is 4.98 Å². The molecule has 0 spiro atoms. The van der Waals surface area contributed by atoms with Gasteiger partial charge in [0.2, 0.25) is 11.8 Å². The fourth-order valence-corrected chi connectivity index (χ4v) is 4.88. The highest BCUT2D eigenvalue weighted by Crippen LogP contribution is 2.30. The van der Waals surface area contributed by atoms with Gasteiger partial charge in [0, 0.05) is 13.0 Å². The van der Waals surface area contributed by atoms with Crippen LogP contribution in [0.4, 0.5) is 0 Å². The Balaban J connectivity index is 0.00000456. The summed E-state index contributed by atoms with van der Waals surface area (Å²) in [5.41, 5.74) is 10.1. The number of β-amino-alcohol motifs (C(OH)–C–C–N with tert-alkyl or cyclic N) is 1. The van der Waals surface area contributed by atoms with Crippen molar-refractivity contribution in [1.29, 1.82) is 0 Å². The molecule has 1 fully saturated rings. The van der Waals surface area contributed by atoms with E-state index in [1.165, 1.54) is 23.3 Å². The summed E-state index contributed by atoms with van der Waals surface area (Å²) in [6.45, 7) is 7.52. The minimum atomic E-state index is -0.884. The van der Waals surface area contributed by atoms with Crippen molar-refractivity contribution in [3.05, 3.63) is 41.0 Å². The van der Waals surface area contributed by atoms with E-state index in [0.29, 0.717) is 0 Å². The molecule has 2 heterocycles. The van der Waals surface area contributed by atoms with Crippen molar-refractivity contribution in [2.24, 2.45) is 11.1 Å². The van der Waals surface area contributed by atoms with Gasteiger partial charge in [-0.05, 0) is 23.5 Å². The summed E-state index contributed by atoms with van der Waals surface area (Å²) in [5.74, 6) is -1.32. The molecule has 0 bridgehead atoms. The van der Waals surface area contributed by atoms with Crippen LogP contribution in [0, 0.1) is 12.3 Å². The molecule has 1 aliphatic heterocycles. The molecule has 4 atom stereocenters. The number of likely N-dealkylation sites (tertiary alicyclic amines) is 1. The predicted octanol–water partition coefficient (Wildman–Crippen LogP) is 2.60. The molecule has 1 aromatic heterocycles. The van der Waals surface area contributed by atoms with Crippen molar-refractivity contribution in [2.45, 2.75) is 64.8 Å². The third kappa shape index (κ3) is 6.82. The zero-order valence-corrected chi connectivity index (χ0v) is 22.8. The number of amides is 2. The maximum absolute atomic E-state index is 13.3. The summed E-state index contributed by atoms with van der Waals surface area (Å²) < 4.78 is 4.84. The molecule has 11 heteroatoms. The fraction of sp³-hybridized carbons (Fsp3) is 0.520. The van der Waals surface area contributed by atoms with Crippen molar-refractivity contribution in [3.63, 3.8) is 0 Å². The van der Waals surface area contributed by atoms with Gasteiger partial charge in [0.1, 0.15) is 6.04 Å². The SMILES string of the molecule is COC(=O)C[C@H](NC(=O)[C@@H]1C[C@@H](O)CN1C(=O)[C@H](N)C(C)(C)C)c1ccc(-c2scnc2C)cc1.Cl. The van der Waals surface area contributed by atoms with E-state index in [-0.39, 0.29) is 37.7 Å². The first-order chi connectivity index (χ1) is 16.4. The van der Waals surface area contributed by atoms with Crippen LogP contribution < -0.4 is 11.1 Å². The smallest absolute Gasteiger partial charge is 0.307 e. The lowest BCUT2D eigenvalue weighted by molar-refractivity contribution is -0.143. The number of aryl methyl sites for hydroxylation is 1. The lowest BCUT2D eigenvalue weighted by atomic mass is 9.86. The zero-order chi connectivity index (χ0) is 25.9. The highest BCUT2D eigenvalue weighted by atomic mass is 35.5. The van der Waals surface area contributed by atoms with Crippen LogP contribution in [0.1, 0.15) is 50.9 Å². The van der Waals surface area contributed by atoms with Gasteiger partial charge < -0.3 is 25.8 Å². The number of thiazole rings is 1. The van der Waals surface area contributed by atoms with Gasteiger partial charge in [-0.1, -0.05) is 45.0 Å². The topological polar surface area (TPSA) is 135 Å². The standard InChI is InChI=1S/C25H34N4O5S.ClH/c1-14-21(35-13-27-14)16-8-6-15(7-9-16)18(11-20(31)34-5)28-23(32)19-10-17(30)12-29(19)24(33)22(26)25(2,3)4;/h6-9,13,17-19,22,30H,10-12,26H2,1-5H3,(H,28,32);1H/t17-,18+,19+,22+;/m1./s1. The number of aromatic nitrogens is 1. The number of nitrogens with one attached hydrogen (secondary N) is 1. The van der Waals surface area contributed by atoms with Crippen LogP contribution >= 0.6 is 23.7 Å². The largest absolute Gasteiger partial charge is 0.469 e. The van der Waals surface area contributed by atoms with Gasteiger partial charge in [0.25, 0.3) is 0 Å². The first-order valence-corrected chi connectivity index (χ1v) is 12.4. The van der Waals surface area contributed by atoms with E-state index in [4.69, 9.17) is 10.5 Å². The molecular formula is C25H35ClN4O5S. The van der Waals surface area contributed by atoms with E-state index in [1.54, 1.807) is 5.51 Å². The first-order valence-electron chi connectivity index (χ1n) is 11.5. The van der Waals surface area contributed by atoms with Crippen LogP contribution in [0.2, 0.25) is 0 Å². The number of aliphatic hydroxyl groups is 1. The Hall–Kier alpha value is -2.53. The van der Waals surface area contributed by atoms with Crippen LogP contribution in [0.5, 0.6) is 0 Å². The summed E-state index contributed by atoms with van der Waals surface area (Å²) in [4.78, 5) is 45.2. The molecule has 3 rings (SSSR count). The monoisotopic (exact) mass is 538 g/mol. The van der Waals surface area contributed by atoms with Gasteiger partial charge in [0.05, 0.1) is 47.8 Å². The second-order valence-corrected chi connectivity index (χ2v) is 10.8. The third-order valence-electron chi connectivity index (χ3n) is 6.30. The zero-order valence-electron chi connectivity index (χ0n) is 21.2. The van der Waals surface area contributed by atoms with Crippen LogP contribution in [0.25, 0.3) is 10.4 Å². The predicted molar refractivity (Wildman–Crippen MR) is 141 cm³/mol. The lowest BCUT2D eigenvalue weighted by Crippen LogP contribution is -2.55. The van der Waals surface area contributed by atoms with Crippen molar-refractivity contribution in [1.82, 2.24) is 15.2 Å². The molecule has 1 aliphatic rings. The van der Waals surface area contributed by atoms with Crippen molar-refractivity contribution in [3.8, 4) is 10.4 Å². The number of methoxy groups -OCH3 is 1. The molecule has 36 heavy (non-hydrogen) atoms. The van der Waals surface area contributed by atoms with Gasteiger partial charge in [-0.3, -0.25) is 14.4 Å². The molecule has 1 aromatic carbocycles. The first kappa shape index (κ1) is 29.7. The Morgan fingerprint density at radius 3 is 2.44 bits per heavy atom. The van der Waals surface area contributed by atoms with Crippen LogP contribution in [-0.4, -0.2) is 64.6 Å². The molecule has 198 valence electrons. The second kappa shape index (κ2) is 12.1.